The van der Waals surface area contributed by atoms with E-state index < -0.39 is 6.04 Å². The van der Waals surface area contributed by atoms with Gasteiger partial charge in [0.05, 0.1) is 12.6 Å². The summed E-state index contributed by atoms with van der Waals surface area (Å²) < 4.78 is 0. The minimum Gasteiger partial charge on any atom is -0.358 e. The molecular weight excluding hydrogens is 280 g/mol. The van der Waals surface area contributed by atoms with Crippen molar-refractivity contribution in [3.63, 3.8) is 0 Å². The van der Waals surface area contributed by atoms with E-state index in [-0.39, 0.29) is 30.1 Å². The highest BCUT2D eigenvalue weighted by Crippen LogP contribution is 2.10. The lowest BCUT2D eigenvalue weighted by atomic mass is 9.98. The lowest BCUT2D eigenvalue weighted by Crippen LogP contribution is -2.55. The largest absolute Gasteiger partial charge is 0.358 e. The summed E-state index contributed by atoms with van der Waals surface area (Å²) in [6, 6.07) is -0.407. The smallest absolute Gasteiger partial charge is 0.239 e. The van der Waals surface area contributed by atoms with Crippen molar-refractivity contribution < 1.29 is 9.59 Å². The van der Waals surface area contributed by atoms with Crippen molar-refractivity contribution in [3.05, 3.63) is 0 Å². The molecule has 3 N–H and O–H groups in total. The van der Waals surface area contributed by atoms with Gasteiger partial charge in [-0.2, -0.15) is 0 Å². The van der Waals surface area contributed by atoms with Crippen LogP contribution < -0.4 is 11.1 Å². The molecule has 2 amide bonds. The number of carbonyl (C=O) groups is 2. The number of rotatable bonds is 5. The zero-order valence-electron chi connectivity index (χ0n) is 12.6. The van der Waals surface area contributed by atoms with Gasteiger partial charge in [-0.25, -0.2) is 0 Å². The maximum atomic E-state index is 12.2. The predicted octanol–water partition coefficient (Wildman–Crippen LogP) is -0.328. The van der Waals surface area contributed by atoms with E-state index in [9.17, 15) is 9.59 Å². The quantitative estimate of drug-likeness (QED) is 0.729. The van der Waals surface area contributed by atoms with Crippen molar-refractivity contribution in [1.82, 2.24) is 15.1 Å². The van der Waals surface area contributed by atoms with E-state index in [2.05, 4.69) is 10.2 Å². The Labute approximate surface area is 127 Å². The summed E-state index contributed by atoms with van der Waals surface area (Å²) in [5.74, 6) is 0.251. The molecule has 6 nitrogen and oxygen atoms in total. The molecule has 1 rings (SSSR count). The Bertz CT molecular complexity index is 319. The Morgan fingerprint density at radius 3 is 2.25 bits per heavy atom. The summed E-state index contributed by atoms with van der Waals surface area (Å²) in [4.78, 5) is 27.3. The number of likely N-dealkylation sites (N-methyl/N-ethyl adjacent to an activating group) is 1. The number of nitrogens with zero attached hydrogens (tertiary/aromatic N) is 2. The summed E-state index contributed by atoms with van der Waals surface area (Å²) in [5, 5.41) is 2.61. The summed E-state index contributed by atoms with van der Waals surface area (Å²) in [7, 11) is 1.63. The van der Waals surface area contributed by atoms with Crippen LogP contribution in [-0.4, -0.2) is 67.4 Å². The van der Waals surface area contributed by atoms with Gasteiger partial charge in [-0.3, -0.25) is 14.5 Å². The molecule has 0 aromatic heterocycles. The Morgan fingerprint density at radius 1 is 1.25 bits per heavy atom. The molecule has 1 heterocycles. The number of nitrogens with one attached hydrogen (secondary N) is 1. The van der Waals surface area contributed by atoms with Gasteiger partial charge in [-0.1, -0.05) is 20.3 Å². The maximum absolute atomic E-state index is 12.2. The maximum Gasteiger partial charge on any atom is 0.239 e. The average molecular weight is 307 g/mol. The summed E-state index contributed by atoms with van der Waals surface area (Å²) in [5.41, 5.74) is 5.97. The van der Waals surface area contributed by atoms with E-state index in [1.165, 1.54) is 0 Å². The van der Waals surface area contributed by atoms with Gasteiger partial charge in [0.15, 0.2) is 0 Å². The molecule has 0 spiro atoms. The fraction of sp³-hybridized carbons (Fsp3) is 0.846. The van der Waals surface area contributed by atoms with Gasteiger partial charge < -0.3 is 16.0 Å². The van der Waals surface area contributed by atoms with Gasteiger partial charge in [0.25, 0.3) is 0 Å². The van der Waals surface area contributed by atoms with Crippen molar-refractivity contribution in [3.8, 4) is 0 Å². The first-order chi connectivity index (χ1) is 8.99. The SMILES string of the molecule is CCC(C)C(N)C(=O)N1CCN(CC(=O)NC)CC1.Cl. The molecule has 0 aliphatic carbocycles. The highest BCUT2D eigenvalue weighted by atomic mass is 35.5. The Hall–Kier alpha value is -0.850. The van der Waals surface area contributed by atoms with Crippen LogP contribution in [0.1, 0.15) is 20.3 Å². The first-order valence-corrected chi connectivity index (χ1v) is 6.96. The van der Waals surface area contributed by atoms with Gasteiger partial charge in [0, 0.05) is 33.2 Å². The second-order valence-electron chi connectivity index (χ2n) is 5.19. The molecule has 7 heteroatoms. The van der Waals surface area contributed by atoms with Crippen LogP contribution in [0.4, 0.5) is 0 Å². The number of hydrogen-bond acceptors (Lipinski definition) is 4. The number of piperazine rings is 1. The Morgan fingerprint density at radius 2 is 1.80 bits per heavy atom. The third kappa shape index (κ3) is 5.26. The lowest BCUT2D eigenvalue weighted by molar-refractivity contribution is -0.135. The summed E-state index contributed by atoms with van der Waals surface area (Å²) in [6.45, 7) is 7.21. The molecule has 0 aromatic rings. The van der Waals surface area contributed by atoms with E-state index in [1.54, 1.807) is 7.05 Å². The molecule has 1 aliphatic heterocycles. The van der Waals surface area contributed by atoms with Gasteiger partial charge in [-0.05, 0) is 5.92 Å². The van der Waals surface area contributed by atoms with E-state index in [4.69, 9.17) is 5.73 Å². The molecule has 2 atom stereocenters. The number of carbonyl (C=O) groups excluding carboxylic acids is 2. The van der Waals surface area contributed by atoms with E-state index in [0.29, 0.717) is 19.6 Å². The molecule has 0 bridgehead atoms. The number of halogens is 1. The zero-order chi connectivity index (χ0) is 14.4. The fourth-order valence-electron chi connectivity index (χ4n) is 2.12. The molecule has 0 saturated carbocycles. The minimum atomic E-state index is -0.407. The third-order valence-electron chi connectivity index (χ3n) is 3.87. The van der Waals surface area contributed by atoms with Crippen molar-refractivity contribution in [2.24, 2.45) is 11.7 Å². The summed E-state index contributed by atoms with van der Waals surface area (Å²) in [6.07, 6.45) is 0.906. The zero-order valence-corrected chi connectivity index (χ0v) is 13.4. The standard InChI is InChI=1S/C13H26N4O2.ClH/c1-4-10(2)12(14)13(19)17-7-5-16(6-8-17)9-11(18)15-3;/h10,12H,4-9,14H2,1-3H3,(H,15,18);1H. The molecular formula is C13H27ClN4O2. The van der Waals surface area contributed by atoms with Crippen LogP contribution in [0.3, 0.4) is 0 Å². The molecule has 0 radical (unpaired) electrons. The average Bonchev–Trinajstić information content (AvgIpc) is 2.45. The van der Waals surface area contributed by atoms with Gasteiger partial charge in [0.2, 0.25) is 11.8 Å². The topological polar surface area (TPSA) is 78.7 Å². The second-order valence-corrected chi connectivity index (χ2v) is 5.19. The van der Waals surface area contributed by atoms with Crippen LogP contribution in [0.2, 0.25) is 0 Å². The highest BCUT2D eigenvalue weighted by Gasteiger charge is 2.28. The van der Waals surface area contributed by atoms with Crippen molar-refractivity contribution >= 4 is 24.2 Å². The molecule has 0 aromatic carbocycles. The Kier molecular flexibility index (Phi) is 8.76. The van der Waals surface area contributed by atoms with Crippen LogP contribution in [0.15, 0.2) is 0 Å². The highest BCUT2D eigenvalue weighted by molar-refractivity contribution is 5.85. The van der Waals surface area contributed by atoms with Crippen LogP contribution in [0, 0.1) is 5.92 Å². The van der Waals surface area contributed by atoms with Crippen LogP contribution in [0.5, 0.6) is 0 Å². The summed E-state index contributed by atoms with van der Waals surface area (Å²) >= 11 is 0. The van der Waals surface area contributed by atoms with Crippen LogP contribution in [-0.2, 0) is 9.59 Å². The fourth-order valence-corrected chi connectivity index (χ4v) is 2.12. The first kappa shape index (κ1) is 19.1. The molecule has 20 heavy (non-hydrogen) atoms. The van der Waals surface area contributed by atoms with E-state index in [1.807, 2.05) is 18.7 Å². The van der Waals surface area contributed by atoms with Crippen molar-refractivity contribution in [2.75, 3.05) is 39.8 Å². The predicted molar refractivity (Wildman–Crippen MR) is 81.8 cm³/mol. The van der Waals surface area contributed by atoms with Gasteiger partial charge >= 0.3 is 0 Å². The van der Waals surface area contributed by atoms with Crippen LogP contribution in [0.25, 0.3) is 0 Å². The molecule has 2 unspecified atom stereocenters. The van der Waals surface area contributed by atoms with Gasteiger partial charge in [0.1, 0.15) is 0 Å². The lowest BCUT2D eigenvalue weighted by Gasteiger charge is -2.36. The minimum absolute atomic E-state index is 0. The molecule has 118 valence electrons. The first-order valence-electron chi connectivity index (χ1n) is 6.96. The molecule has 1 fully saturated rings. The number of hydrogen-bond donors (Lipinski definition) is 2. The van der Waals surface area contributed by atoms with Crippen molar-refractivity contribution in [1.29, 1.82) is 0 Å². The van der Waals surface area contributed by atoms with Crippen LogP contribution >= 0.6 is 12.4 Å². The normalized spacial score (nSPS) is 18.9. The Balaban J connectivity index is 0.00000361. The second kappa shape index (κ2) is 9.15. The molecule has 1 saturated heterocycles. The van der Waals surface area contributed by atoms with E-state index in [0.717, 1.165) is 19.5 Å². The molecule has 1 aliphatic rings. The van der Waals surface area contributed by atoms with Gasteiger partial charge in [-0.15, -0.1) is 12.4 Å². The third-order valence-corrected chi connectivity index (χ3v) is 3.87. The van der Waals surface area contributed by atoms with Crippen molar-refractivity contribution in [2.45, 2.75) is 26.3 Å². The van der Waals surface area contributed by atoms with E-state index >= 15 is 0 Å². The number of nitrogens with two attached hydrogens (primary N) is 1. The number of amides is 2. The monoisotopic (exact) mass is 306 g/mol.